The molecule has 1 N–H and O–H groups in total. The summed E-state index contributed by atoms with van der Waals surface area (Å²) < 4.78 is 5.36. The lowest BCUT2D eigenvalue weighted by Crippen LogP contribution is -2.18. The van der Waals surface area contributed by atoms with Gasteiger partial charge in [-0.3, -0.25) is 0 Å². The zero-order valence-electron chi connectivity index (χ0n) is 11.8. The maximum absolute atomic E-state index is 8.91. The van der Waals surface area contributed by atoms with Crippen molar-refractivity contribution in [2.24, 2.45) is 0 Å². The molecule has 0 saturated heterocycles. The molecule has 0 saturated carbocycles. The van der Waals surface area contributed by atoms with Crippen LogP contribution in [-0.4, -0.2) is 13.2 Å². The van der Waals surface area contributed by atoms with Gasteiger partial charge in [0.05, 0.1) is 18.7 Å². The third kappa shape index (κ3) is 3.52. The zero-order chi connectivity index (χ0) is 14.4. The molecule has 2 rings (SSSR count). The molecule has 0 aromatic heterocycles. The summed E-state index contributed by atoms with van der Waals surface area (Å²) in [5.74, 6) is 0.909. The lowest BCUT2D eigenvalue weighted by atomic mass is 10.1. The van der Waals surface area contributed by atoms with E-state index in [0.717, 1.165) is 17.9 Å². The summed E-state index contributed by atoms with van der Waals surface area (Å²) in [6, 6.07) is 17.9. The van der Waals surface area contributed by atoms with Crippen LogP contribution in [0.5, 0.6) is 5.75 Å². The largest absolute Gasteiger partial charge is 0.496 e. The Morgan fingerprint density at radius 2 is 2.00 bits per heavy atom. The van der Waals surface area contributed by atoms with Crippen LogP contribution in [0.25, 0.3) is 0 Å². The number of rotatable bonds is 5. The number of methoxy groups -OCH3 is 1. The quantitative estimate of drug-likeness (QED) is 0.899. The van der Waals surface area contributed by atoms with Crippen LogP contribution in [0.3, 0.4) is 0 Å². The van der Waals surface area contributed by atoms with Crippen molar-refractivity contribution in [3.63, 3.8) is 0 Å². The van der Waals surface area contributed by atoms with Crippen molar-refractivity contribution in [3.8, 4) is 11.8 Å². The van der Waals surface area contributed by atoms with Gasteiger partial charge in [-0.15, -0.1) is 0 Å². The van der Waals surface area contributed by atoms with Crippen LogP contribution in [0.15, 0.2) is 48.5 Å². The Morgan fingerprint density at radius 1 is 1.20 bits per heavy atom. The summed E-state index contributed by atoms with van der Waals surface area (Å²) in [5, 5.41) is 12.3. The molecule has 0 spiro atoms. The van der Waals surface area contributed by atoms with Gasteiger partial charge in [-0.2, -0.15) is 5.26 Å². The third-order valence-corrected chi connectivity index (χ3v) is 3.12. The molecule has 1 atom stereocenters. The second kappa shape index (κ2) is 6.63. The zero-order valence-corrected chi connectivity index (χ0v) is 11.8. The molecule has 1 unspecified atom stereocenters. The van der Waals surface area contributed by atoms with Gasteiger partial charge in [-0.1, -0.05) is 24.3 Å². The Balaban J connectivity index is 2.05. The van der Waals surface area contributed by atoms with Gasteiger partial charge in [-0.05, 0) is 43.2 Å². The van der Waals surface area contributed by atoms with Crippen molar-refractivity contribution in [3.05, 3.63) is 59.7 Å². The number of nitrogens with zero attached hydrogens (tertiary/aromatic N) is 1. The molecule has 0 bridgehead atoms. The SMILES string of the molecule is COc1ccccc1CC(C)Nc1cccc(C#N)c1. The Bertz CT molecular complexity index is 616. The molecule has 102 valence electrons. The standard InChI is InChI=1S/C17H18N2O/c1-13(10-15-7-3-4-9-17(15)20-2)19-16-8-5-6-14(11-16)12-18/h3-9,11,13,19H,10H2,1-2H3. The van der Waals surface area contributed by atoms with E-state index < -0.39 is 0 Å². The smallest absolute Gasteiger partial charge is 0.122 e. The van der Waals surface area contributed by atoms with Crippen LogP contribution in [-0.2, 0) is 6.42 Å². The molecule has 0 aliphatic carbocycles. The number of benzene rings is 2. The van der Waals surface area contributed by atoms with Gasteiger partial charge >= 0.3 is 0 Å². The van der Waals surface area contributed by atoms with Gasteiger partial charge in [0.25, 0.3) is 0 Å². The highest BCUT2D eigenvalue weighted by Crippen LogP contribution is 2.20. The van der Waals surface area contributed by atoms with Gasteiger partial charge in [0.1, 0.15) is 5.75 Å². The molecule has 2 aromatic carbocycles. The summed E-state index contributed by atoms with van der Waals surface area (Å²) in [6.45, 7) is 2.12. The first-order valence-electron chi connectivity index (χ1n) is 6.61. The number of ether oxygens (including phenoxy) is 1. The van der Waals surface area contributed by atoms with Crippen molar-refractivity contribution in [2.75, 3.05) is 12.4 Å². The van der Waals surface area contributed by atoms with Crippen LogP contribution < -0.4 is 10.1 Å². The van der Waals surface area contributed by atoms with Crippen molar-refractivity contribution in [2.45, 2.75) is 19.4 Å². The van der Waals surface area contributed by atoms with E-state index >= 15 is 0 Å². The molecule has 0 amide bonds. The van der Waals surface area contributed by atoms with Crippen LogP contribution in [0, 0.1) is 11.3 Å². The van der Waals surface area contributed by atoms with Crippen LogP contribution >= 0.6 is 0 Å². The number of anilines is 1. The predicted molar refractivity (Wildman–Crippen MR) is 80.9 cm³/mol. The molecule has 0 aliphatic rings. The number of nitrogens with one attached hydrogen (secondary N) is 1. The lowest BCUT2D eigenvalue weighted by molar-refractivity contribution is 0.409. The lowest BCUT2D eigenvalue weighted by Gasteiger charge is -2.17. The molecule has 0 radical (unpaired) electrons. The monoisotopic (exact) mass is 266 g/mol. The highest BCUT2D eigenvalue weighted by molar-refractivity contribution is 5.50. The normalized spacial score (nSPS) is 11.4. The Morgan fingerprint density at radius 3 is 2.75 bits per heavy atom. The van der Waals surface area contributed by atoms with E-state index in [2.05, 4.69) is 24.4 Å². The van der Waals surface area contributed by atoms with Crippen LogP contribution in [0.2, 0.25) is 0 Å². The number of hydrogen-bond acceptors (Lipinski definition) is 3. The van der Waals surface area contributed by atoms with E-state index in [-0.39, 0.29) is 6.04 Å². The van der Waals surface area contributed by atoms with Gasteiger partial charge in [0.15, 0.2) is 0 Å². The molecular weight excluding hydrogens is 248 g/mol. The van der Waals surface area contributed by atoms with Gasteiger partial charge in [-0.25, -0.2) is 0 Å². The van der Waals surface area contributed by atoms with E-state index in [9.17, 15) is 0 Å². The second-order valence-corrected chi connectivity index (χ2v) is 4.75. The number of hydrogen-bond donors (Lipinski definition) is 1. The molecule has 3 nitrogen and oxygen atoms in total. The molecule has 0 heterocycles. The topological polar surface area (TPSA) is 45.0 Å². The minimum absolute atomic E-state index is 0.250. The van der Waals surface area contributed by atoms with Crippen molar-refractivity contribution >= 4 is 5.69 Å². The molecule has 20 heavy (non-hydrogen) atoms. The van der Waals surface area contributed by atoms with E-state index in [1.807, 2.05) is 36.4 Å². The van der Waals surface area contributed by atoms with Crippen molar-refractivity contribution < 1.29 is 4.74 Å². The Kier molecular flexibility index (Phi) is 4.62. The first kappa shape index (κ1) is 14.0. The average molecular weight is 266 g/mol. The van der Waals surface area contributed by atoms with Gasteiger partial charge in [0.2, 0.25) is 0 Å². The second-order valence-electron chi connectivity index (χ2n) is 4.75. The summed E-state index contributed by atoms with van der Waals surface area (Å²) in [4.78, 5) is 0. The summed E-state index contributed by atoms with van der Waals surface area (Å²) in [6.07, 6.45) is 0.862. The molecule has 2 aromatic rings. The van der Waals surface area contributed by atoms with E-state index in [4.69, 9.17) is 10.00 Å². The Hall–Kier alpha value is -2.47. The van der Waals surface area contributed by atoms with E-state index in [1.165, 1.54) is 5.56 Å². The van der Waals surface area contributed by atoms with E-state index in [1.54, 1.807) is 13.2 Å². The predicted octanol–water partition coefficient (Wildman–Crippen LogP) is 3.61. The third-order valence-electron chi connectivity index (χ3n) is 3.12. The minimum Gasteiger partial charge on any atom is -0.496 e. The first-order chi connectivity index (χ1) is 9.72. The number of para-hydroxylation sites is 1. The minimum atomic E-state index is 0.250. The molecule has 0 aliphatic heterocycles. The highest BCUT2D eigenvalue weighted by atomic mass is 16.5. The van der Waals surface area contributed by atoms with Crippen LogP contribution in [0.1, 0.15) is 18.1 Å². The fraction of sp³-hybridized carbons (Fsp3) is 0.235. The molecule has 0 fully saturated rings. The molecular formula is C17H18N2O. The maximum atomic E-state index is 8.91. The highest BCUT2D eigenvalue weighted by Gasteiger charge is 2.08. The van der Waals surface area contributed by atoms with Crippen LogP contribution in [0.4, 0.5) is 5.69 Å². The van der Waals surface area contributed by atoms with Crippen molar-refractivity contribution in [1.82, 2.24) is 0 Å². The fourth-order valence-corrected chi connectivity index (χ4v) is 2.22. The fourth-order valence-electron chi connectivity index (χ4n) is 2.22. The van der Waals surface area contributed by atoms with E-state index in [0.29, 0.717) is 5.56 Å². The molecule has 3 heteroatoms. The van der Waals surface area contributed by atoms with Gasteiger partial charge < -0.3 is 10.1 Å². The van der Waals surface area contributed by atoms with Gasteiger partial charge in [0, 0.05) is 11.7 Å². The number of nitriles is 1. The summed E-state index contributed by atoms with van der Waals surface area (Å²) >= 11 is 0. The Labute approximate surface area is 119 Å². The summed E-state index contributed by atoms with van der Waals surface area (Å²) in [5.41, 5.74) is 2.80. The summed E-state index contributed by atoms with van der Waals surface area (Å²) in [7, 11) is 1.69. The maximum Gasteiger partial charge on any atom is 0.122 e. The first-order valence-corrected chi connectivity index (χ1v) is 6.61. The van der Waals surface area contributed by atoms with Crippen molar-refractivity contribution in [1.29, 1.82) is 5.26 Å². The average Bonchev–Trinajstić information content (AvgIpc) is 2.48.